The van der Waals surface area contributed by atoms with Gasteiger partial charge in [-0.1, -0.05) is 0 Å². The van der Waals surface area contributed by atoms with Gasteiger partial charge in [0, 0.05) is 0 Å². The molecular weight excluding hydrogens is 218 g/mol. The first-order valence-corrected chi connectivity index (χ1v) is 4.93. The van der Waals surface area contributed by atoms with Gasteiger partial charge >= 0.3 is 5.97 Å². The molecule has 0 aromatic heterocycles. The van der Waals surface area contributed by atoms with Crippen molar-refractivity contribution in [3.8, 4) is 6.07 Å². The van der Waals surface area contributed by atoms with Gasteiger partial charge in [0.25, 0.3) is 0 Å². The van der Waals surface area contributed by atoms with E-state index < -0.39 is 17.0 Å². The second-order valence-corrected chi connectivity index (χ2v) is 3.57. The van der Waals surface area contributed by atoms with Crippen LogP contribution < -0.4 is 0 Å². The summed E-state index contributed by atoms with van der Waals surface area (Å²) in [6.07, 6.45) is 0. The van der Waals surface area contributed by atoms with E-state index in [0.717, 1.165) is 0 Å². The molecule has 0 bridgehead atoms. The molecule has 6 heteroatoms. The molecule has 5 nitrogen and oxygen atoms in total. The SMILES string of the molecule is COC(=O)c1cc(C#N)cc(S(=O)O)c1. The Bertz CT molecular complexity index is 464. The molecule has 15 heavy (non-hydrogen) atoms. The molecule has 0 radical (unpaired) electrons. The summed E-state index contributed by atoms with van der Waals surface area (Å²) in [5, 5.41) is 8.64. The van der Waals surface area contributed by atoms with Gasteiger partial charge < -0.3 is 9.29 Å². The van der Waals surface area contributed by atoms with Crippen LogP contribution in [0.3, 0.4) is 0 Å². The number of nitrogens with zero attached hydrogens (tertiary/aromatic N) is 1. The molecule has 0 aliphatic rings. The molecule has 1 rings (SSSR count). The highest BCUT2D eigenvalue weighted by Gasteiger charge is 2.11. The van der Waals surface area contributed by atoms with E-state index in [1.165, 1.54) is 25.3 Å². The molecule has 1 atom stereocenters. The highest BCUT2D eigenvalue weighted by atomic mass is 32.2. The monoisotopic (exact) mass is 225 g/mol. The van der Waals surface area contributed by atoms with Crippen LogP contribution in [0.25, 0.3) is 0 Å². The number of ether oxygens (including phenoxy) is 1. The molecule has 0 aliphatic heterocycles. The van der Waals surface area contributed by atoms with Crippen molar-refractivity contribution in [2.24, 2.45) is 0 Å². The van der Waals surface area contributed by atoms with Crippen molar-refractivity contribution in [3.05, 3.63) is 29.3 Å². The second-order valence-electron chi connectivity index (χ2n) is 2.60. The van der Waals surface area contributed by atoms with Crippen molar-refractivity contribution >= 4 is 17.0 Å². The fourth-order valence-corrected chi connectivity index (χ4v) is 1.46. The predicted molar refractivity (Wildman–Crippen MR) is 51.5 cm³/mol. The number of carbonyl (C=O) groups excluding carboxylic acids is 1. The third-order valence-electron chi connectivity index (χ3n) is 1.66. The lowest BCUT2D eigenvalue weighted by Crippen LogP contribution is -2.03. The van der Waals surface area contributed by atoms with E-state index in [4.69, 9.17) is 9.81 Å². The molecule has 78 valence electrons. The maximum Gasteiger partial charge on any atom is 0.337 e. The maximum absolute atomic E-state index is 11.1. The van der Waals surface area contributed by atoms with Crippen LogP contribution >= 0.6 is 0 Å². The van der Waals surface area contributed by atoms with Gasteiger partial charge in [-0.25, -0.2) is 9.00 Å². The van der Waals surface area contributed by atoms with Gasteiger partial charge in [-0.3, -0.25) is 0 Å². The number of nitriles is 1. The Morgan fingerprint density at radius 1 is 1.53 bits per heavy atom. The lowest BCUT2D eigenvalue weighted by atomic mass is 10.1. The first kappa shape index (κ1) is 11.4. The van der Waals surface area contributed by atoms with Gasteiger partial charge in [0.2, 0.25) is 0 Å². The van der Waals surface area contributed by atoms with Crippen molar-refractivity contribution in [2.75, 3.05) is 7.11 Å². The number of methoxy groups -OCH3 is 1. The van der Waals surface area contributed by atoms with Crippen LogP contribution in [-0.2, 0) is 15.8 Å². The molecule has 0 amide bonds. The number of rotatable bonds is 2. The van der Waals surface area contributed by atoms with Crippen LogP contribution in [0.2, 0.25) is 0 Å². The fourth-order valence-electron chi connectivity index (χ4n) is 1.00. The minimum atomic E-state index is -2.23. The third-order valence-corrected chi connectivity index (χ3v) is 2.30. The lowest BCUT2D eigenvalue weighted by molar-refractivity contribution is 0.0600. The quantitative estimate of drug-likeness (QED) is 0.597. The number of esters is 1. The molecule has 1 aromatic carbocycles. The van der Waals surface area contributed by atoms with E-state index in [-0.39, 0.29) is 16.0 Å². The van der Waals surface area contributed by atoms with Crippen molar-refractivity contribution in [1.29, 1.82) is 5.26 Å². The minimum Gasteiger partial charge on any atom is -0.465 e. The molecule has 0 fully saturated rings. The zero-order chi connectivity index (χ0) is 11.4. The van der Waals surface area contributed by atoms with E-state index in [1.807, 2.05) is 0 Å². The summed E-state index contributed by atoms with van der Waals surface area (Å²) >= 11 is -2.23. The van der Waals surface area contributed by atoms with Gasteiger partial charge in [0.1, 0.15) is 0 Å². The molecule has 0 saturated carbocycles. The van der Waals surface area contributed by atoms with E-state index in [0.29, 0.717) is 0 Å². The molecule has 0 aliphatic carbocycles. The molecular formula is C9H7NO4S. The Morgan fingerprint density at radius 2 is 2.20 bits per heavy atom. The van der Waals surface area contributed by atoms with E-state index in [9.17, 15) is 9.00 Å². The third kappa shape index (κ3) is 2.62. The van der Waals surface area contributed by atoms with Crippen LogP contribution in [0.4, 0.5) is 0 Å². The molecule has 1 N–H and O–H groups in total. The zero-order valence-electron chi connectivity index (χ0n) is 7.76. The molecule has 0 heterocycles. The standard InChI is InChI=1S/C9H7NO4S/c1-14-9(11)7-2-6(5-10)3-8(4-7)15(12)13/h2-4H,1H3,(H,12,13). The summed E-state index contributed by atoms with van der Waals surface area (Å²) in [5.41, 5.74) is 0.212. The Labute approximate surface area is 88.6 Å². The van der Waals surface area contributed by atoms with Crippen molar-refractivity contribution in [1.82, 2.24) is 0 Å². The number of benzene rings is 1. The first-order valence-electron chi connectivity index (χ1n) is 3.83. The predicted octanol–water partition coefficient (Wildman–Crippen LogP) is 0.925. The second kappa shape index (κ2) is 4.68. The highest BCUT2D eigenvalue weighted by molar-refractivity contribution is 7.79. The summed E-state index contributed by atoms with van der Waals surface area (Å²) in [7, 11) is 1.19. The fraction of sp³-hybridized carbons (Fsp3) is 0.111. The normalized spacial score (nSPS) is 11.5. The highest BCUT2D eigenvalue weighted by Crippen LogP contribution is 2.13. The summed E-state index contributed by atoms with van der Waals surface area (Å²) in [6.45, 7) is 0. The Hall–Kier alpha value is -1.71. The van der Waals surface area contributed by atoms with Crippen LogP contribution in [0.1, 0.15) is 15.9 Å². The van der Waals surface area contributed by atoms with Crippen molar-refractivity contribution in [2.45, 2.75) is 4.90 Å². The molecule has 1 unspecified atom stereocenters. The van der Waals surface area contributed by atoms with Gasteiger partial charge in [-0.15, -0.1) is 0 Å². The number of carbonyl (C=O) groups is 1. The van der Waals surface area contributed by atoms with Gasteiger partial charge in [0.05, 0.1) is 29.2 Å². The maximum atomic E-state index is 11.1. The van der Waals surface area contributed by atoms with Crippen LogP contribution in [-0.4, -0.2) is 21.8 Å². The number of hydrogen-bond donors (Lipinski definition) is 1. The summed E-state index contributed by atoms with van der Waals surface area (Å²) < 4.78 is 24.1. The van der Waals surface area contributed by atoms with E-state index >= 15 is 0 Å². The molecule has 0 spiro atoms. The van der Waals surface area contributed by atoms with Crippen molar-refractivity contribution in [3.63, 3.8) is 0 Å². The van der Waals surface area contributed by atoms with Gasteiger partial charge in [-0.05, 0) is 18.2 Å². The minimum absolute atomic E-state index is 0.00514. The smallest absolute Gasteiger partial charge is 0.337 e. The Balaban J connectivity index is 3.31. The topological polar surface area (TPSA) is 87.4 Å². The zero-order valence-corrected chi connectivity index (χ0v) is 8.58. The summed E-state index contributed by atoms with van der Waals surface area (Å²) in [4.78, 5) is 11.1. The average molecular weight is 225 g/mol. The molecule has 1 aromatic rings. The average Bonchev–Trinajstić information content (AvgIpc) is 2.27. The first-order chi connectivity index (χ1) is 7.08. The van der Waals surface area contributed by atoms with Crippen LogP contribution in [0.5, 0.6) is 0 Å². The van der Waals surface area contributed by atoms with E-state index in [1.54, 1.807) is 6.07 Å². The summed E-state index contributed by atoms with van der Waals surface area (Å²) in [5.74, 6) is -0.654. The van der Waals surface area contributed by atoms with Crippen LogP contribution in [0, 0.1) is 11.3 Å². The Morgan fingerprint density at radius 3 is 2.67 bits per heavy atom. The van der Waals surface area contributed by atoms with Gasteiger partial charge in [-0.2, -0.15) is 5.26 Å². The largest absolute Gasteiger partial charge is 0.465 e. The van der Waals surface area contributed by atoms with E-state index in [2.05, 4.69) is 4.74 Å². The molecule has 0 saturated heterocycles. The lowest BCUT2D eigenvalue weighted by Gasteiger charge is -2.01. The van der Waals surface area contributed by atoms with Gasteiger partial charge in [0.15, 0.2) is 11.1 Å². The Kier molecular flexibility index (Phi) is 3.55. The van der Waals surface area contributed by atoms with Crippen molar-refractivity contribution < 1.29 is 18.3 Å². The van der Waals surface area contributed by atoms with Crippen LogP contribution in [0.15, 0.2) is 23.1 Å². The number of hydrogen-bond acceptors (Lipinski definition) is 4. The summed E-state index contributed by atoms with van der Waals surface area (Å²) in [6, 6.07) is 5.53.